The SMILES string of the molecule is CC(=O)Nc1cccc(C(=O)Nc2ccc3cn[nH]c3c2)c1. The first-order valence-corrected chi connectivity index (χ1v) is 6.74. The van der Waals surface area contributed by atoms with Gasteiger partial charge in [0.2, 0.25) is 5.91 Å². The Morgan fingerprint density at radius 1 is 1.05 bits per heavy atom. The summed E-state index contributed by atoms with van der Waals surface area (Å²) >= 11 is 0. The number of rotatable bonds is 3. The largest absolute Gasteiger partial charge is 0.326 e. The van der Waals surface area contributed by atoms with Crippen LogP contribution in [0.1, 0.15) is 17.3 Å². The number of nitrogens with zero attached hydrogens (tertiary/aromatic N) is 1. The first kappa shape index (κ1) is 13.8. The maximum atomic E-state index is 12.3. The van der Waals surface area contributed by atoms with Crippen LogP contribution in [0.2, 0.25) is 0 Å². The third-order valence-corrected chi connectivity index (χ3v) is 3.14. The van der Waals surface area contributed by atoms with Crippen LogP contribution < -0.4 is 10.6 Å². The van der Waals surface area contributed by atoms with Gasteiger partial charge in [-0.05, 0) is 36.4 Å². The predicted molar refractivity (Wildman–Crippen MR) is 84.8 cm³/mol. The summed E-state index contributed by atoms with van der Waals surface area (Å²) in [5, 5.41) is 13.2. The van der Waals surface area contributed by atoms with E-state index in [1.807, 2.05) is 18.2 Å². The molecule has 3 rings (SSSR count). The fourth-order valence-electron chi connectivity index (χ4n) is 2.16. The van der Waals surface area contributed by atoms with Crippen molar-refractivity contribution in [2.24, 2.45) is 0 Å². The van der Waals surface area contributed by atoms with Crippen LogP contribution in [0.4, 0.5) is 11.4 Å². The molecule has 0 bridgehead atoms. The molecule has 3 aromatic rings. The van der Waals surface area contributed by atoms with E-state index >= 15 is 0 Å². The van der Waals surface area contributed by atoms with Crippen LogP contribution in [0.3, 0.4) is 0 Å². The van der Waals surface area contributed by atoms with Crippen LogP contribution >= 0.6 is 0 Å². The molecule has 0 fully saturated rings. The molecule has 2 aromatic carbocycles. The van der Waals surface area contributed by atoms with Gasteiger partial charge < -0.3 is 10.6 Å². The highest BCUT2D eigenvalue weighted by molar-refractivity contribution is 6.06. The summed E-state index contributed by atoms with van der Waals surface area (Å²) < 4.78 is 0. The van der Waals surface area contributed by atoms with Gasteiger partial charge in [0.05, 0.1) is 11.7 Å². The molecule has 2 amide bonds. The molecule has 6 heteroatoms. The smallest absolute Gasteiger partial charge is 0.255 e. The molecule has 0 aliphatic heterocycles. The highest BCUT2D eigenvalue weighted by atomic mass is 16.2. The minimum absolute atomic E-state index is 0.178. The molecule has 0 spiro atoms. The van der Waals surface area contributed by atoms with Gasteiger partial charge in [-0.25, -0.2) is 0 Å². The van der Waals surface area contributed by atoms with E-state index in [0.29, 0.717) is 16.9 Å². The van der Waals surface area contributed by atoms with Gasteiger partial charge >= 0.3 is 0 Å². The van der Waals surface area contributed by atoms with E-state index in [4.69, 9.17) is 0 Å². The van der Waals surface area contributed by atoms with Crippen LogP contribution in [-0.4, -0.2) is 22.0 Å². The van der Waals surface area contributed by atoms with E-state index in [-0.39, 0.29) is 11.8 Å². The Morgan fingerprint density at radius 3 is 2.68 bits per heavy atom. The molecule has 22 heavy (non-hydrogen) atoms. The number of anilines is 2. The molecular weight excluding hydrogens is 280 g/mol. The molecule has 3 N–H and O–H groups in total. The molecule has 0 radical (unpaired) electrons. The van der Waals surface area contributed by atoms with Crippen molar-refractivity contribution >= 4 is 34.1 Å². The van der Waals surface area contributed by atoms with Crippen LogP contribution in [0.5, 0.6) is 0 Å². The summed E-state index contributed by atoms with van der Waals surface area (Å²) in [5.74, 6) is -0.423. The van der Waals surface area contributed by atoms with E-state index in [1.165, 1.54) is 6.92 Å². The summed E-state index contributed by atoms with van der Waals surface area (Å²) in [5.41, 5.74) is 2.58. The van der Waals surface area contributed by atoms with E-state index in [2.05, 4.69) is 20.8 Å². The standard InChI is InChI=1S/C16H14N4O2/c1-10(21)18-13-4-2-3-11(7-13)16(22)19-14-6-5-12-9-17-20-15(12)8-14/h2-9H,1H3,(H,17,20)(H,18,21)(H,19,22). The molecule has 0 unspecified atom stereocenters. The average Bonchev–Trinajstić information content (AvgIpc) is 2.94. The highest BCUT2D eigenvalue weighted by Crippen LogP contribution is 2.18. The maximum Gasteiger partial charge on any atom is 0.255 e. The van der Waals surface area contributed by atoms with Crippen molar-refractivity contribution in [2.75, 3.05) is 10.6 Å². The maximum absolute atomic E-state index is 12.3. The number of fused-ring (bicyclic) bond motifs is 1. The zero-order valence-electron chi connectivity index (χ0n) is 11.9. The molecule has 0 saturated carbocycles. The number of benzene rings is 2. The predicted octanol–water partition coefficient (Wildman–Crippen LogP) is 2.77. The zero-order chi connectivity index (χ0) is 15.5. The lowest BCUT2D eigenvalue weighted by Gasteiger charge is -2.07. The van der Waals surface area contributed by atoms with E-state index in [9.17, 15) is 9.59 Å². The van der Waals surface area contributed by atoms with E-state index < -0.39 is 0 Å². The summed E-state index contributed by atoms with van der Waals surface area (Å²) in [6.45, 7) is 1.42. The normalized spacial score (nSPS) is 10.4. The highest BCUT2D eigenvalue weighted by Gasteiger charge is 2.08. The van der Waals surface area contributed by atoms with Gasteiger partial charge in [0.25, 0.3) is 5.91 Å². The van der Waals surface area contributed by atoms with Crippen LogP contribution in [-0.2, 0) is 4.79 Å². The number of carbonyl (C=O) groups is 2. The molecule has 0 aliphatic rings. The molecule has 0 atom stereocenters. The monoisotopic (exact) mass is 294 g/mol. The van der Waals surface area contributed by atoms with Crippen molar-refractivity contribution < 1.29 is 9.59 Å². The average molecular weight is 294 g/mol. The molecule has 0 aliphatic carbocycles. The van der Waals surface area contributed by atoms with Crippen LogP contribution in [0.25, 0.3) is 10.9 Å². The first-order chi connectivity index (χ1) is 10.6. The quantitative estimate of drug-likeness (QED) is 0.694. The number of aromatic amines is 1. The minimum Gasteiger partial charge on any atom is -0.326 e. The summed E-state index contributed by atoms with van der Waals surface area (Å²) in [6, 6.07) is 12.3. The van der Waals surface area contributed by atoms with Crippen molar-refractivity contribution in [3.05, 3.63) is 54.2 Å². The third kappa shape index (κ3) is 2.95. The number of nitrogens with one attached hydrogen (secondary N) is 3. The molecule has 110 valence electrons. The van der Waals surface area contributed by atoms with E-state index in [0.717, 1.165) is 10.9 Å². The Hall–Kier alpha value is -3.15. The fraction of sp³-hybridized carbons (Fsp3) is 0.0625. The van der Waals surface area contributed by atoms with Gasteiger partial charge in [-0.1, -0.05) is 6.07 Å². The zero-order valence-corrected chi connectivity index (χ0v) is 11.9. The van der Waals surface area contributed by atoms with E-state index in [1.54, 1.807) is 30.5 Å². The minimum atomic E-state index is -0.244. The number of H-pyrrole nitrogens is 1. The van der Waals surface area contributed by atoms with Crippen molar-refractivity contribution in [2.45, 2.75) is 6.92 Å². The second-order valence-corrected chi connectivity index (χ2v) is 4.89. The summed E-state index contributed by atoms with van der Waals surface area (Å²) in [6.07, 6.45) is 1.72. The Kier molecular flexibility index (Phi) is 3.57. The lowest BCUT2D eigenvalue weighted by molar-refractivity contribution is -0.114. The third-order valence-electron chi connectivity index (χ3n) is 3.14. The Labute approximate surface area is 126 Å². The Balaban J connectivity index is 1.80. The molecule has 1 aromatic heterocycles. The van der Waals surface area contributed by atoms with Crippen molar-refractivity contribution in [3.8, 4) is 0 Å². The molecular formula is C16H14N4O2. The van der Waals surface area contributed by atoms with Gasteiger partial charge in [0.15, 0.2) is 0 Å². The second kappa shape index (κ2) is 5.69. The second-order valence-electron chi connectivity index (χ2n) is 4.89. The Morgan fingerprint density at radius 2 is 1.86 bits per heavy atom. The topological polar surface area (TPSA) is 86.9 Å². The fourth-order valence-corrected chi connectivity index (χ4v) is 2.16. The Bertz CT molecular complexity index is 854. The van der Waals surface area contributed by atoms with Crippen molar-refractivity contribution in [1.29, 1.82) is 0 Å². The van der Waals surface area contributed by atoms with Crippen molar-refractivity contribution in [1.82, 2.24) is 10.2 Å². The first-order valence-electron chi connectivity index (χ1n) is 6.74. The number of carbonyl (C=O) groups excluding carboxylic acids is 2. The number of amides is 2. The lowest BCUT2D eigenvalue weighted by Crippen LogP contribution is -2.13. The lowest BCUT2D eigenvalue weighted by atomic mass is 10.1. The van der Waals surface area contributed by atoms with Crippen LogP contribution in [0.15, 0.2) is 48.7 Å². The molecule has 6 nitrogen and oxygen atoms in total. The summed E-state index contributed by atoms with van der Waals surface area (Å²) in [4.78, 5) is 23.3. The van der Waals surface area contributed by atoms with Gasteiger partial charge in [0.1, 0.15) is 0 Å². The van der Waals surface area contributed by atoms with Gasteiger partial charge in [0, 0.05) is 29.2 Å². The van der Waals surface area contributed by atoms with Gasteiger partial charge in [-0.15, -0.1) is 0 Å². The van der Waals surface area contributed by atoms with Crippen LogP contribution in [0, 0.1) is 0 Å². The number of hydrogen-bond donors (Lipinski definition) is 3. The molecule has 0 saturated heterocycles. The molecule has 1 heterocycles. The number of hydrogen-bond acceptors (Lipinski definition) is 3. The summed E-state index contributed by atoms with van der Waals surface area (Å²) in [7, 11) is 0. The van der Waals surface area contributed by atoms with Gasteiger partial charge in [-0.2, -0.15) is 5.10 Å². The number of aromatic nitrogens is 2. The van der Waals surface area contributed by atoms with Crippen molar-refractivity contribution in [3.63, 3.8) is 0 Å². The van der Waals surface area contributed by atoms with Gasteiger partial charge in [-0.3, -0.25) is 14.7 Å².